The molecule has 1 amide bonds. The van der Waals surface area contributed by atoms with Crippen molar-refractivity contribution >= 4 is 23.2 Å². The van der Waals surface area contributed by atoms with E-state index < -0.39 is 17.9 Å². The van der Waals surface area contributed by atoms with E-state index in [0.717, 1.165) is 0 Å². The van der Waals surface area contributed by atoms with E-state index in [4.69, 9.17) is 5.11 Å². The number of methoxy groups -OCH3 is 1. The van der Waals surface area contributed by atoms with Crippen LogP contribution in [0.3, 0.4) is 0 Å². The van der Waals surface area contributed by atoms with Gasteiger partial charge in [-0.1, -0.05) is 6.07 Å². The fraction of sp³-hybridized carbons (Fsp3) is 0.333. The van der Waals surface area contributed by atoms with Crippen LogP contribution < -0.4 is 5.32 Å². The van der Waals surface area contributed by atoms with Gasteiger partial charge in [-0.15, -0.1) is 11.3 Å². The van der Waals surface area contributed by atoms with Gasteiger partial charge in [-0.2, -0.15) is 0 Å². The van der Waals surface area contributed by atoms with Crippen LogP contribution >= 0.6 is 11.3 Å². The van der Waals surface area contributed by atoms with E-state index in [-0.39, 0.29) is 6.61 Å². The molecule has 0 aromatic carbocycles. The van der Waals surface area contributed by atoms with Crippen LogP contribution in [0.2, 0.25) is 0 Å². The van der Waals surface area contributed by atoms with Crippen molar-refractivity contribution in [2.24, 2.45) is 0 Å². The lowest BCUT2D eigenvalue weighted by Crippen LogP contribution is -2.35. The minimum Gasteiger partial charge on any atom is -0.479 e. The monoisotopic (exact) mass is 229 g/mol. The Kier molecular flexibility index (Phi) is 4.26. The lowest BCUT2D eigenvalue weighted by Gasteiger charge is -2.12. The van der Waals surface area contributed by atoms with Gasteiger partial charge in [0.25, 0.3) is 0 Å². The molecule has 0 bridgehead atoms. The van der Waals surface area contributed by atoms with Crippen molar-refractivity contribution in [1.29, 1.82) is 0 Å². The van der Waals surface area contributed by atoms with Crippen molar-refractivity contribution in [3.8, 4) is 0 Å². The number of carbonyl (C=O) groups is 2. The van der Waals surface area contributed by atoms with Gasteiger partial charge in [-0.3, -0.25) is 4.79 Å². The van der Waals surface area contributed by atoms with Crippen LogP contribution in [0.4, 0.5) is 0 Å². The smallest absolute Gasteiger partial charge is 0.331 e. The average Bonchev–Trinajstić information content (AvgIpc) is 2.66. The Labute approximate surface area is 90.7 Å². The highest BCUT2D eigenvalue weighted by Crippen LogP contribution is 2.18. The molecule has 0 saturated carbocycles. The van der Waals surface area contributed by atoms with Crippen LogP contribution in [0.5, 0.6) is 0 Å². The summed E-state index contributed by atoms with van der Waals surface area (Å²) in [4.78, 5) is 22.6. The second-order valence-corrected chi connectivity index (χ2v) is 3.77. The third kappa shape index (κ3) is 3.34. The first-order chi connectivity index (χ1) is 7.15. The number of nitrogens with one attached hydrogen (secondary N) is 1. The van der Waals surface area contributed by atoms with Crippen molar-refractivity contribution in [1.82, 2.24) is 5.32 Å². The molecule has 2 N–H and O–H groups in total. The first kappa shape index (κ1) is 11.7. The molecule has 0 radical (unpaired) electrons. The predicted octanol–water partition coefficient (Wildman–Crippen LogP) is 0.636. The molecule has 0 aliphatic heterocycles. The van der Waals surface area contributed by atoms with Crippen LogP contribution in [0, 0.1) is 0 Å². The van der Waals surface area contributed by atoms with Crippen molar-refractivity contribution in [2.45, 2.75) is 6.04 Å². The molecule has 1 aromatic heterocycles. The van der Waals surface area contributed by atoms with E-state index in [9.17, 15) is 9.59 Å². The zero-order chi connectivity index (χ0) is 11.3. The molecule has 1 rings (SSSR count). The first-order valence-corrected chi connectivity index (χ1v) is 5.07. The third-order valence-corrected chi connectivity index (χ3v) is 2.59. The molecule has 0 aliphatic carbocycles. The summed E-state index contributed by atoms with van der Waals surface area (Å²) < 4.78 is 4.60. The number of hydrogen-bond donors (Lipinski definition) is 2. The first-order valence-electron chi connectivity index (χ1n) is 4.19. The summed E-state index contributed by atoms with van der Waals surface area (Å²) in [6.07, 6.45) is 0. The second kappa shape index (κ2) is 5.47. The number of rotatable bonds is 5. The second-order valence-electron chi connectivity index (χ2n) is 2.79. The highest BCUT2D eigenvalue weighted by atomic mass is 32.1. The number of carboxylic acid groups (broad SMARTS) is 1. The molecule has 6 heteroatoms. The largest absolute Gasteiger partial charge is 0.479 e. The zero-order valence-electron chi connectivity index (χ0n) is 8.10. The lowest BCUT2D eigenvalue weighted by molar-refractivity contribution is -0.142. The van der Waals surface area contributed by atoms with Gasteiger partial charge in [-0.25, -0.2) is 4.79 Å². The number of hydrogen-bond acceptors (Lipinski definition) is 4. The Balaban J connectivity index is 2.68. The Morgan fingerprint density at radius 3 is 2.87 bits per heavy atom. The summed E-state index contributed by atoms with van der Waals surface area (Å²) in [5.74, 6) is -1.53. The molecular weight excluding hydrogens is 218 g/mol. The SMILES string of the molecule is COCC(=O)NC(C(=O)O)c1cccs1. The summed E-state index contributed by atoms with van der Waals surface area (Å²) in [6, 6.07) is 2.40. The molecule has 1 aromatic rings. The molecule has 0 fully saturated rings. The lowest BCUT2D eigenvalue weighted by atomic mass is 10.2. The number of carbonyl (C=O) groups excluding carboxylic acids is 1. The molecule has 82 valence electrons. The standard InChI is InChI=1S/C9H11NO4S/c1-14-5-7(11)10-8(9(12)13)6-3-2-4-15-6/h2-4,8H,5H2,1H3,(H,10,11)(H,12,13). The molecule has 0 saturated heterocycles. The summed E-state index contributed by atoms with van der Waals surface area (Å²) in [5, 5.41) is 13.0. The van der Waals surface area contributed by atoms with Gasteiger partial charge in [-0.05, 0) is 11.4 Å². The topological polar surface area (TPSA) is 75.6 Å². The minimum atomic E-state index is -1.08. The molecule has 0 spiro atoms. The Bertz CT molecular complexity index is 336. The van der Waals surface area contributed by atoms with Gasteiger partial charge in [0.05, 0.1) is 0 Å². The van der Waals surface area contributed by atoms with Gasteiger partial charge < -0.3 is 15.2 Å². The minimum absolute atomic E-state index is 0.144. The van der Waals surface area contributed by atoms with Crippen molar-refractivity contribution < 1.29 is 19.4 Å². The highest BCUT2D eigenvalue weighted by Gasteiger charge is 2.22. The fourth-order valence-electron chi connectivity index (χ4n) is 1.04. The quantitative estimate of drug-likeness (QED) is 0.776. The molecular formula is C9H11NO4S. The summed E-state index contributed by atoms with van der Waals surface area (Å²) >= 11 is 1.28. The van der Waals surface area contributed by atoms with Crippen LogP contribution in [-0.2, 0) is 14.3 Å². The van der Waals surface area contributed by atoms with Crippen molar-refractivity contribution in [3.63, 3.8) is 0 Å². The van der Waals surface area contributed by atoms with Gasteiger partial charge in [0, 0.05) is 12.0 Å². The van der Waals surface area contributed by atoms with Crippen LogP contribution in [0.25, 0.3) is 0 Å². The van der Waals surface area contributed by atoms with Gasteiger partial charge in [0.15, 0.2) is 6.04 Å². The Morgan fingerprint density at radius 2 is 2.40 bits per heavy atom. The summed E-state index contributed by atoms with van der Waals surface area (Å²) in [7, 11) is 1.38. The maximum Gasteiger partial charge on any atom is 0.331 e. The number of aliphatic carboxylic acids is 1. The van der Waals surface area contributed by atoms with E-state index in [0.29, 0.717) is 4.88 Å². The van der Waals surface area contributed by atoms with E-state index in [1.54, 1.807) is 17.5 Å². The van der Waals surface area contributed by atoms with E-state index in [2.05, 4.69) is 10.1 Å². The highest BCUT2D eigenvalue weighted by molar-refractivity contribution is 7.10. The number of carboxylic acids is 1. The summed E-state index contributed by atoms with van der Waals surface area (Å²) in [5.41, 5.74) is 0. The van der Waals surface area contributed by atoms with Crippen molar-refractivity contribution in [2.75, 3.05) is 13.7 Å². The van der Waals surface area contributed by atoms with E-state index >= 15 is 0 Å². The average molecular weight is 229 g/mol. The number of thiophene rings is 1. The van der Waals surface area contributed by atoms with Gasteiger partial charge in [0.1, 0.15) is 6.61 Å². The third-order valence-electron chi connectivity index (χ3n) is 1.66. The molecule has 1 atom stereocenters. The predicted molar refractivity (Wildman–Crippen MR) is 54.7 cm³/mol. The fourth-order valence-corrected chi connectivity index (χ4v) is 1.81. The Hall–Kier alpha value is -1.40. The summed E-state index contributed by atoms with van der Waals surface area (Å²) in [6.45, 7) is -0.144. The molecule has 5 nitrogen and oxygen atoms in total. The number of ether oxygens (including phenoxy) is 1. The molecule has 1 heterocycles. The van der Waals surface area contributed by atoms with Gasteiger partial charge in [0.2, 0.25) is 5.91 Å². The van der Waals surface area contributed by atoms with E-state index in [1.165, 1.54) is 18.4 Å². The molecule has 15 heavy (non-hydrogen) atoms. The normalized spacial score (nSPS) is 12.1. The van der Waals surface area contributed by atoms with Crippen LogP contribution in [0.1, 0.15) is 10.9 Å². The van der Waals surface area contributed by atoms with Crippen LogP contribution in [0.15, 0.2) is 17.5 Å². The van der Waals surface area contributed by atoms with Gasteiger partial charge >= 0.3 is 5.97 Å². The van der Waals surface area contributed by atoms with Crippen molar-refractivity contribution in [3.05, 3.63) is 22.4 Å². The molecule has 1 unspecified atom stereocenters. The Morgan fingerprint density at radius 1 is 1.67 bits per heavy atom. The maximum absolute atomic E-state index is 11.2. The maximum atomic E-state index is 11.2. The van der Waals surface area contributed by atoms with Crippen LogP contribution in [-0.4, -0.2) is 30.7 Å². The number of amides is 1. The molecule has 0 aliphatic rings. The van der Waals surface area contributed by atoms with E-state index in [1.807, 2.05) is 0 Å². The zero-order valence-corrected chi connectivity index (χ0v) is 8.91.